The average Bonchev–Trinajstić information content (AvgIpc) is 2.56. The van der Waals surface area contributed by atoms with E-state index in [1.807, 2.05) is 0 Å². The van der Waals surface area contributed by atoms with Crippen LogP contribution in [0.1, 0.15) is 32.6 Å². The van der Waals surface area contributed by atoms with Crippen molar-refractivity contribution in [2.45, 2.75) is 44.7 Å². The summed E-state index contributed by atoms with van der Waals surface area (Å²) >= 11 is 0. The van der Waals surface area contributed by atoms with Crippen LogP contribution in [0.25, 0.3) is 0 Å². The Morgan fingerprint density at radius 1 is 1.33 bits per heavy atom. The van der Waals surface area contributed by atoms with Crippen LogP contribution in [-0.4, -0.2) is 48.1 Å². The van der Waals surface area contributed by atoms with Gasteiger partial charge < -0.3 is 0 Å². The van der Waals surface area contributed by atoms with Crippen LogP contribution in [0, 0.1) is 11.3 Å². The van der Waals surface area contributed by atoms with E-state index in [0.717, 1.165) is 6.04 Å². The molecule has 15 heavy (non-hydrogen) atoms. The minimum atomic E-state index is 0.440. The zero-order valence-electron chi connectivity index (χ0n) is 9.65. The molecule has 0 radical (unpaired) electrons. The molecule has 2 aliphatic heterocycles. The van der Waals surface area contributed by atoms with Crippen molar-refractivity contribution in [2.24, 2.45) is 0 Å². The molecule has 0 amide bonds. The molecule has 2 heterocycles. The fourth-order valence-electron chi connectivity index (χ4n) is 2.90. The average molecular weight is 207 g/mol. The fourth-order valence-corrected chi connectivity index (χ4v) is 2.90. The summed E-state index contributed by atoms with van der Waals surface area (Å²) in [5.41, 5.74) is 0. The van der Waals surface area contributed by atoms with E-state index in [-0.39, 0.29) is 0 Å². The van der Waals surface area contributed by atoms with Gasteiger partial charge in [-0.3, -0.25) is 9.80 Å². The molecule has 2 atom stereocenters. The molecule has 0 aliphatic carbocycles. The second kappa shape index (κ2) is 4.96. The number of nitrogens with zero attached hydrogens (tertiary/aromatic N) is 3. The second-order valence-corrected chi connectivity index (χ2v) is 4.89. The number of rotatable bonds is 2. The van der Waals surface area contributed by atoms with Gasteiger partial charge in [0.2, 0.25) is 0 Å². The van der Waals surface area contributed by atoms with Crippen molar-refractivity contribution in [1.29, 1.82) is 5.26 Å². The van der Waals surface area contributed by atoms with Gasteiger partial charge in [-0.1, -0.05) is 0 Å². The zero-order valence-corrected chi connectivity index (χ0v) is 9.65. The molecule has 2 rings (SSSR count). The van der Waals surface area contributed by atoms with Gasteiger partial charge in [-0.25, -0.2) is 0 Å². The molecule has 0 aromatic carbocycles. The molecule has 2 unspecified atom stereocenters. The van der Waals surface area contributed by atoms with Crippen LogP contribution in [0.3, 0.4) is 0 Å². The van der Waals surface area contributed by atoms with Crippen LogP contribution in [0.5, 0.6) is 0 Å². The van der Waals surface area contributed by atoms with E-state index in [1.54, 1.807) is 0 Å². The van der Waals surface area contributed by atoms with E-state index in [1.165, 1.54) is 45.4 Å². The number of hydrogen-bond donors (Lipinski definition) is 0. The number of nitriles is 1. The van der Waals surface area contributed by atoms with E-state index in [2.05, 4.69) is 22.8 Å². The van der Waals surface area contributed by atoms with Crippen LogP contribution < -0.4 is 0 Å². The van der Waals surface area contributed by atoms with Gasteiger partial charge in [-0.15, -0.1) is 0 Å². The normalized spacial score (nSPS) is 30.5. The van der Waals surface area contributed by atoms with Gasteiger partial charge in [-0.05, 0) is 45.8 Å². The largest absolute Gasteiger partial charge is 0.299 e. The third-order valence-electron chi connectivity index (χ3n) is 3.85. The summed E-state index contributed by atoms with van der Waals surface area (Å²) in [5.74, 6) is 0. The van der Waals surface area contributed by atoms with Gasteiger partial charge in [0.15, 0.2) is 0 Å². The Hall–Kier alpha value is -0.590. The zero-order chi connectivity index (χ0) is 10.7. The molecule has 2 saturated heterocycles. The first-order chi connectivity index (χ1) is 7.31. The minimum absolute atomic E-state index is 0.440. The Bertz CT molecular complexity index is 246. The molecule has 0 aromatic rings. The van der Waals surface area contributed by atoms with E-state index in [0.29, 0.717) is 12.5 Å². The van der Waals surface area contributed by atoms with Crippen molar-refractivity contribution in [3.8, 4) is 6.07 Å². The summed E-state index contributed by atoms with van der Waals surface area (Å²) in [6.45, 7) is 7.11. The molecule has 3 nitrogen and oxygen atoms in total. The Balaban J connectivity index is 1.93. The van der Waals surface area contributed by atoms with Gasteiger partial charge in [0.25, 0.3) is 0 Å². The lowest BCUT2D eigenvalue weighted by molar-refractivity contribution is 0.183. The van der Waals surface area contributed by atoms with Crippen LogP contribution in [-0.2, 0) is 0 Å². The van der Waals surface area contributed by atoms with Crippen molar-refractivity contribution in [1.82, 2.24) is 9.80 Å². The van der Waals surface area contributed by atoms with E-state index < -0.39 is 0 Å². The van der Waals surface area contributed by atoms with Crippen molar-refractivity contribution < 1.29 is 0 Å². The molecule has 0 saturated carbocycles. The number of fused-ring (bicyclic) bond motifs is 1. The quantitative estimate of drug-likeness (QED) is 0.686. The first-order valence-corrected chi connectivity index (χ1v) is 6.16. The van der Waals surface area contributed by atoms with Gasteiger partial charge in [0.05, 0.1) is 12.5 Å². The molecule has 84 valence electrons. The summed E-state index contributed by atoms with van der Waals surface area (Å²) in [7, 11) is 0. The third-order valence-corrected chi connectivity index (χ3v) is 3.85. The summed E-state index contributed by atoms with van der Waals surface area (Å²) < 4.78 is 0. The summed E-state index contributed by atoms with van der Waals surface area (Å²) in [6.07, 6.45) is 4.67. The lowest BCUT2D eigenvalue weighted by Crippen LogP contribution is -2.40. The second-order valence-electron chi connectivity index (χ2n) is 4.89. The highest BCUT2D eigenvalue weighted by molar-refractivity contribution is 4.88. The molecular formula is C12H21N3. The van der Waals surface area contributed by atoms with Gasteiger partial charge in [0.1, 0.15) is 0 Å². The fraction of sp³-hybridized carbons (Fsp3) is 0.917. The van der Waals surface area contributed by atoms with Gasteiger partial charge >= 0.3 is 0 Å². The molecule has 0 N–H and O–H groups in total. The maximum Gasteiger partial charge on any atom is 0.0638 e. The Morgan fingerprint density at radius 3 is 2.93 bits per heavy atom. The highest BCUT2D eigenvalue weighted by Crippen LogP contribution is 2.22. The van der Waals surface area contributed by atoms with Crippen LogP contribution in [0.4, 0.5) is 0 Å². The van der Waals surface area contributed by atoms with Crippen molar-refractivity contribution in [3.05, 3.63) is 0 Å². The molecular weight excluding hydrogens is 186 g/mol. The third kappa shape index (κ3) is 2.50. The Morgan fingerprint density at radius 2 is 2.13 bits per heavy atom. The smallest absolute Gasteiger partial charge is 0.0638 e. The lowest BCUT2D eigenvalue weighted by atomic mass is 10.1. The highest BCUT2D eigenvalue weighted by Gasteiger charge is 2.29. The first kappa shape index (κ1) is 10.9. The molecule has 0 spiro atoms. The van der Waals surface area contributed by atoms with Crippen LogP contribution >= 0.6 is 0 Å². The highest BCUT2D eigenvalue weighted by atomic mass is 15.3. The maximum absolute atomic E-state index is 8.74. The monoisotopic (exact) mass is 207 g/mol. The predicted octanol–water partition coefficient (Wildman–Crippen LogP) is 1.46. The van der Waals surface area contributed by atoms with Crippen molar-refractivity contribution >= 4 is 0 Å². The SMILES string of the molecule is CC(CC#N)N1CCCN2CCCC2C1. The van der Waals surface area contributed by atoms with Gasteiger partial charge in [0, 0.05) is 18.6 Å². The van der Waals surface area contributed by atoms with E-state index in [4.69, 9.17) is 5.26 Å². The molecule has 3 heteroatoms. The predicted molar refractivity (Wildman–Crippen MR) is 60.5 cm³/mol. The summed E-state index contributed by atoms with van der Waals surface area (Å²) in [6, 6.07) is 3.50. The lowest BCUT2D eigenvalue weighted by Gasteiger charge is -2.29. The summed E-state index contributed by atoms with van der Waals surface area (Å²) in [5, 5.41) is 8.74. The Kier molecular flexibility index (Phi) is 3.61. The minimum Gasteiger partial charge on any atom is -0.299 e. The molecule has 2 fully saturated rings. The van der Waals surface area contributed by atoms with Crippen molar-refractivity contribution in [2.75, 3.05) is 26.2 Å². The topological polar surface area (TPSA) is 30.3 Å². The van der Waals surface area contributed by atoms with E-state index in [9.17, 15) is 0 Å². The van der Waals surface area contributed by atoms with E-state index >= 15 is 0 Å². The maximum atomic E-state index is 8.74. The standard InChI is InChI=1S/C12H21N3/c1-11(5-6-13)15-9-3-8-14-7-2-4-12(14)10-15/h11-12H,2-5,7-10H2,1H3. The molecule has 0 aromatic heterocycles. The Labute approximate surface area is 92.7 Å². The molecule has 2 aliphatic rings. The molecule has 0 bridgehead atoms. The van der Waals surface area contributed by atoms with Crippen LogP contribution in [0.15, 0.2) is 0 Å². The first-order valence-electron chi connectivity index (χ1n) is 6.16. The van der Waals surface area contributed by atoms with Crippen LogP contribution in [0.2, 0.25) is 0 Å². The van der Waals surface area contributed by atoms with Crippen molar-refractivity contribution in [3.63, 3.8) is 0 Å². The van der Waals surface area contributed by atoms with Gasteiger partial charge in [-0.2, -0.15) is 5.26 Å². The number of hydrogen-bond acceptors (Lipinski definition) is 3. The summed E-state index contributed by atoms with van der Waals surface area (Å²) in [4.78, 5) is 5.15.